The van der Waals surface area contributed by atoms with E-state index in [1.54, 1.807) is 12.1 Å². The van der Waals surface area contributed by atoms with Gasteiger partial charge < -0.3 is 15.0 Å². The number of benzene rings is 1. The molecule has 2 rings (SSSR count). The highest BCUT2D eigenvalue weighted by molar-refractivity contribution is 14.1. The highest BCUT2D eigenvalue weighted by Crippen LogP contribution is 2.28. The maximum Gasteiger partial charge on any atom is 0.255 e. The van der Waals surface area contributed by atoms with E-state index < -0.39 is 0 Å². The molecule has 0 spiro atoms. The molecule has 0 saturated carbocycles. The van der Waals surface area contributed by atoms with Crippen LogP contribution in [0.25, 0.3) is 0 Å². The Bertz CT molecular complexity index is 610. The van der Waals surface area contributed by atoms with Gasteiger partial charge in [-0.1, -0.05) is 18.0 Å². The molecule has 1 aromatic rings. The number of hydrogen-bond donors (Lipinski definition) is 1. The minimum Gasteiger partial charge on any atom is -0.496 e. The van der Waals surface area contributed by atoms with Crippen molar-refractivity contribution in [2.75, 3.05) is 26.7 Å². The smallest absolute Gasteiger partial charge is 0.255 e. The Kier molecular flexibility index (Phi) is 7.61. The second-order valence-electron chi connectivity index (χ2n) is 5.77. The zero-order chi connectivity index (χ0) is 17.5. The third-order valence-corrected chi connectivity index (χ3v) is 5.57. The minimum atomic E-state index is -0.215. The van der Waals surface area contributed by atoms with Crippen LogP contribution in [-0.4, -0.2) is 43.5 Å². The number of methoxy groups -OCH3 is 1. The van der Waals surface area contributed by atoms with Crippen molar-refractivity contribution in [2.45, 2.75) is 32.1 Å². The van der Waals surface area contributed by atoms with E-state index in [0.29, 0.717) is 35.8 Å². The average molecular weight is 465 g/mol. The van der Waals surface area contributed by atoms with E-state index in [-0.39, 0.29) is 11.8 Å². The van der Waals surface area contributed by atoms with Crippen molar-refractivity contribution in [1.82, 2.24) is 10.2 Å². The molecule has 1 aliphatic rings. The molecule has 1 N–H and O–H groups in total. The molecular formula is C17H22ClIN2O3. The van der Waals surface area contributed by atoms with E-state index in [4.69, 9.17) is 16.3 Å². The van der Waals surface area contributed by atoms with Gasteiger partial charge in [0.1, 0.15) is 5.75 Å². The summed E-state index contributed by atoms with van der Waals surface area (Å²) in [6.45, 7) is 2.02. The Morgan fingerprint density at radius 2 is 2.17 bits per heavy atom. The molecule has 0 aliphatic carbocycles. The summed E-state index contributed by atoms with van der Waals surface area (Å²) in [4.78, 5) is 26.2. The lowest BCUT2D eigenvalue weighted by molar-refractivity contribution is -0.130. The topological polar surface area (TPSA) is 58.6 Å². The van der Waals surface area contributed by atoms with Crippen molar-refractivity contribution >= 4 is 46.0 Å². The van der Waals surface area contributed by atoms with Crippen molar-refractivity contribution in [3.63, 3.8) is 0 Å². The summed E-state index contributed by atoms with van der Waals surface area (Å²) >= 11 is 8.19. The zero-order valence-electron chi connectivity index (χ0n) is 13.7. The van der Waals surface area contributed by atoms with Crippen LogP contribution in [0.2, 0.25) is 5.02 Å². The van der Waals surface area contributed by atoms with Crippen molar-refractivity contribution in [2.24, 2.45) is 0 Å². The monoisotopic (exact) mass is 464 g/mol. The van der Waals surface area contributed by atoms with Gasteiger partial charge in [0.05, 0.1) is 17.7 Å². The zero-order valence-corrected chi connectivity index (χ0v) is 16.7. The van der Waals surface area contributed by atoms with Gasteiger partial charge in [-0.2, -0.15) is 0 Å². The molecule has 1 heterocycles. The van der Waals surface area contributed by atoms with Crippen molar-refractivity contribution in [3.05, 3.63) is 26.3 Å². The second-order valence-corrected chi connectivity index (χ2v) is 7.34. The van der Waals surface area contributed by atoms with Crippen LogP contribution in [0.3, 0.4) is 0 Å². The summed E-state index contributed by atoms with van der Waals surface area (Å²) in [5.74, 6) is 0.515. The Hall–Kier alpha value is -1.02. The molecular weight excluding hydrogens is 443 g/mol. The Morgan fingerprint density at radius 1 is 1.38 bits per heavy atom. The van der Waals surface area contributed by atoms with E-state index in [9.17, 15) is 9.59 Å². The van der Waals surface area contributed by atoms with Gasteiger partial charge in [0.15, 0.2) is 0 Å². The summed E-state index contributed by atoms with van der Waals surface area (Å²) in [7, 11) is 1.53. The molecule has 7 heteroatoms. The summed E-state index contributed by atoms with van der Waals surface area (Å²) in [6, 6.07) is 3.36. The van der Waals surface area contributed by atoms with Gasteiger partial charge in [-0.05, 0) is 54.0 Å². The molecule has 0 atom stereocenters. The minimum absolute atomic E-state index is 0.215. The van der Waals surface area contributed by atoms with Crippen LogP contribution < -0.4 is 10.1 Å². The third-order valence-electron chi connectivity index (χ3n) is 4.05. The van der Waals surface area contributed by atoms with Crippen LogP contribution in [0, 0.1) is 3.57 Å². The van der Waals surface area contributed by atoms with Crippen LogP contribution in [0.15, 0.2) is 12.1 Å². The molecule has 1 saturated heterocycles. The molecule has 1 fully saturated rings. The van der Waals surface area contributed by atoms with Gasteiger partial charge in [-0.25, -0.2) is 0 Å². The van der Waals surface area contributed by atoms with Crippen LogP contribution in [-0.2, 0) is 4.79 Å². The van der Waals surface area contributed by atoms with Gasteiger partial charge >= 0.3 is 0 Å². The van der Waals surface area contributed by atoms with E-state index in [0.717, 1.165) is 35.8 Å². The number of hydrogen-bond acceptors (Lipinski definition) is 3. The fourth-order valence-corrected chi connectivity index (χ4v) is 3.32. The summed E-state index contributed by atoms with van der Waals surface area (Å²) < 4.78 is 6.09. The number of ether oxygens (including phenoxy) is 1. The number of rotatable bonds is 6. The fourth-order valence-electron chi connectivity index (χ4n) is 2.72. The predicted octanol–water partition coefficient (Wildman–Crippen LogP) is 3.48. The summed E-state index contributed by atoms with van der Waals surface area (Å²) in [6.07, 6.45) is 4.55. The molecule has 0 bridgehead atoms. The van der Waals surface area contributed by atoms with Crippen molar-refractivity contribution < 1.29 is 14.3 Å². The van der Waals surface area contributed by atoms with Crippen molar-refractivity contribution in [1.29, 1.82) is 0 Å². The van der Waals surface area contributed by atoms with Crippen molar-refractivity contribution in [3.8, 4) is 5.75 Å². The number of likely N-dealkylation sites (tertiary alicyclic amines) is 1. The molecule has 5 nitrogen and oxygen atoms in total. The molecule has 1 aromatic carbocycles. The van der Waals surface area contributed by atoms with E-state index in [1.807, 2.05) is 4.90 Å². The predicted molar refractivity (Wildman–Crippen MR) is 103 cm³/mol. The summed E-state index contributed by atoms with van der Waals surface area (Å²) in [5, 5.41) is 3.40. The number of nitrogens with one attached hydrogen (secondary N) is 1. The quantitative estimate of drug-likeness (QED) is 0.518. The lowest BCUT2D eigenvalue weighted by Crippen LogP contribution is -2.34. The van der Waals surface area contributed by atoms with Crippen LogP contribution >= 0.6 is 34.2 Å². The first kappa shape index (κ1) is 19.3. The Morgan fingerprint density at radius 3 is 2.92 bits per heavy atom. The normalized spacial score (nSPS) is 15.1. The van der Waals surface area contributed by atoms with Gasteiger partial charge in [-0.15, -0.1) is 0 Å². The first-order valence-corrected chi connectivity index (χ1v) is 9.57. The largest absolute Gasteiger partial charge is 0.496 e. The maximum absolute atomic E-state index is 12.3. The number of carbonyl (C=O) groups is 2. The SMILES string of the molecule is COc1cc(I)c(Cl)cc1C(=O)NCCCN1CCCCCC1=O. The average Bonchev–Trinajstić information content (AvgIpc) is 2.78. The van der Waals surface area contributed by atoms with Gasteiger partial charge in [0, 0.05) is 29.6 Å². The lowest BCUT2D eigenvalue weighted by Gasteiger charge is -2.20. The van der Waals surface area contributed by atoms with Crippen LogP contribution in [0.4, 0.5) is 0 Å². The van der Waals surface area contributed by atoms with Gasteiger partial charge in [0.2, 0.25) is 5.91 Å². The molecule has 2 amide bonds. The van der Waals surface area contributed by atoms with Gasteiger partial charge in [0.25, 0.3) is 5.91 Å². The molecule has 0 aromatic heterocycles. The Balaban J connectivity index is 1.85. The molecule has 132 valence electrons. The third kappa shape index (κ3) is 5.24. The molecule has 0 unspecified atom stereocenters. The highest BCUT2D eigenvalue weighted by Gasteiger charge is 2.17. The molecule has 1 aliphatic heterocycles. The first-order chi connectivity index (χ1) is 11.5. The van der Waals surface area contributed by atoms with E-state index in [2.05, 4.69) is 27.9 Å². The maximum atomic E-state index is 12.3. The fraction of sp³-hybridized carbons (Fsp3) is 0.529. The number of amides is 2. The molecule has 0 radical (unpaired) electrons. The highest BCUT2D eigenvalue weighted by atomic mass is 127. The number of carbonyl (C=O) groups excluding carboxylic acids is 2. The summed E-state index contributed by atoms with van der Waals surface area (Å²) in [5.41, 5.74) is 0.425. The standard InChI is InChI=1S/C17H22ClIN2O3/c1-24-15-11-14(19)13(18)10-12(15)17(23)20-7-5-9-21-8-4-2-3-6-16(21)22/h10-11H,2-9H2,1H3,(H,20,23). The van der Waals surface area contributed by atoms with E-state index >= 15 is 0 Å². The molecule has 24 heavy (non-hydrogen) atoms. The number of nitrogens with zero attached hydrogens (tertiary/aromatic N) is 1. The van der Waals surface area contributed by atoms with Crippen LogP contribution in [0.5, 0.6) is 5.75 Å². The van der Waals surface area contributed by atoms with Crippen LogP contribution in [0.1, 0.15) is 42.5 Å². The first-order valence-electron chi connectivity index (χ1n) is 8.12. The second kappa shape index (κ2) is 9.46. The van der Waals surface area contributed by atoms with Gasteiger partial charge in [-0.3, -0.25) is 9.59 Å². The lowest BCUT2D eigenvalue weighted by atomic mass is 10.2. The number of halogens is 2. The Labute approximate surface area is 161 Å². The van der Waals surface area contributed by atoms with E-state index in [1.165, 1.54) is 7.11 Å².